The van der Waals surface area contributed by atoms with E-state index in [1.165, 1.54) is 15.3 Å². The van der Waals surface area contributed by atoms with Crippen LogP contribution in [0, 0.1) is 0 Å². The molecular weight excluding hydrogens is 272 g/mol. The van der Waals surface area contributed by atoms with E-state index in [0.29, 0.717) is 0 Å². The normalized spacial score (nSPS) is 11.0. The Kier molecular flexibility index (Phi) is 3.27. The van der Waals surface area contributed by atoms with Crippen LogP contribution in [-0.4, -0.2) is 0 Å². The summed E-state index contributed by atoms with van der Waals surface area (Å²) in [5.74, 6) is 0.140. The molecule has 96 valence electrons. The first-order valence-electron chi connectivity index (χ1n) is 5.98. The van der Waals surface area contributed by atoms with Crippen LogP contribution in [-0.2, 0) is 0 Å². The second kappa shape index (κ2) is 5.07. The Morgan fingerprint density at radius 1 is 0.737 bits per heavy atom. The Labute approximate surface area is 120 Å². The fourth-order valence-corrected chi connectivity index (χ4v) is 4.18. The van der Waals surface area contributed by atoms with Crippen molar-refractivity contribution in [2.75, 3.05) is 11.5 Å². The van der Waals surface area contributed by atoms with Crippen molar-refractivity contribution in [3.05, 3.63) is 68.5 Å². The van der Waals surface area contributed by atoms with Crippen LogP contribution in [0.1, 0.15) is 21.2 Å². The topological polar surface area (TPSA) is 52.0 Å². The highest BCUT2D eigenvalue weighted by Crippen LogP contribution is 2.42. The lowest BCUT2D eigenvalue weighted by Crippen LogP contribution is -2.04. The van der Waals surface area contributed by atoms with Crippen molar-refractivity contribution in [3.63, 3.8) is 0 Å². The average molecular weight is 286 g/mol. The zero-order chi connectivity index (χ0) is 13.2. The van der Waals surface area contributed by atoms with Crippen LogP contribution in [0.4, 0.5) is 11.4 Å². The monoisotopic (exact) mass is 286 g/mol. The molecule has 0 saturated heterocycles. The predicted molar refractivity (Wildman–Crippen MR) is 84.8 cm³/mol. The summed E-state index contributed by atoms with van der Waals surface area (Å²) in [6, 6.07) is 14.3. The molecule has 0 aliphatic rings. The zero-order valence-electron chi connectivity index (χ0n) is 10.2. The van der Waals surface area contributed by atoms with Gasteiger partial charge in [-0.25, -0.2) is 0 Å². The maximum absolute atomic E-state index is 6.11. The lowest BCUT2D eigenvalue weighted by Gasteiger charge is -2.16. The number of hydrogen-bond donors (Lipinski definition) is 2. The van der Waals surface area contributed by atoms with Crippen molar-refractivity contribution in [1.29, 1.82) is 0 Å². The van der Waals surface area contributed by atoms with Crippen molar-refractivity contribution < 1.29 is 0 Å². The molecule has 3 rings (SSSR count). The fourth-order valence-electron chi connectivity index (χ4n) is 2.20. The zero-order valence-corrected chi connectivity index (χ0v) is 11.9. The third-order valence-corrected chi connectivity index (χ3v) is 5.11. The number of nitrogens with two attached hydrogens (primary N) is 2. The molecule has 2 nitrogen and oxygen atoms in total. The summed E-state index contributed by atoms with van der Waals surface area (Å²) in [5, 5.41) is 4.06. The van der Waals surface area contributed by atoms with Gasteiger partial charge in [0.15, 0.2) is 0 Å². The van der Waals surface area contributed by atoms with E-state index in [4.69, 9.17) is 11.5 Å². The van der Waals surface area contributed by atoms with E-state index >= 15 is 0 Å². The highest BCUT2D eigenvalue weighted by molar-refractivity contribution is 7.12. The first kappa shape index (κ1) is 12.3. The smallest absolute Gasteiger partial charge is 0.0569 e. The average Bonchev–Trinajstić information content (AvgIpc) is 3.02. The molecule has 0 atom stereocenters. The van der Waals surface area contributed by atoms with E-state index in [1.807, 2.05) is 29.0 Å². The summed E-state index contributed by atoms with van der Waals surface area (Å²) in [6.07, 6.45) is 0. The lowest BCUT2D eigenvalue weighted by molar-refractivity contribution is 1.04. The summed E-state index contributed by atoms with van der Waals surface area (Å²) in [4.78, 5) is 2.33. The molecule has 1 aromatic carbocycles. The predicted octanol–water partition coefficient (Wildman–Crippen LogP) is 4.15. The lowest BCUT2D eigenvalue weighted by atomic mass is 9.94. The van der Waals surface area contributed by atoms with E-state index in [9.17, 15) is 0 Å². The minimum absolute atomic E-state index is 0.140. The number of anilines is 2. The van der Waals surface area contributed by atoms with E-state index in [0.717, 1.165) is 11.4 Å². The highest BCUT2D eigenvalue weighted by Gasteiger charge is 2.23. The van der Waals surface area contributed by atoms with Crippen molar-refractivity contribution in [1.82, 2.24) is 0 Å². The fraction of sp³-hybridized carbons (Fsp3) is 0.0667. The van der Waals surface area contributed by atoms with E-state index in [2.05, 4.69) is 24.3 Å². The Balaban J connectivity index is 2.18. The maximum atomic E-state index is 6.11. The summed E-state index contributed by atoms with van der Waals surface area (Å²) in [7, 11) is 0. The molecule has 4 N–H and O–H groups in total. The standard InChI is InChI=1S/C15H14N2S2/c16-11-6-8-18-14(11)13(10-4-2-1-3-5-10)15-12(17)7-9-19-15/h1-9,13H,16-17H2. The first-order chi connectivity index (χ1) is 9.27. The molecule has 0 fully saturated rings. The minimum Gasteiger partial charge on any atom is -0.398 e. The Hall–Kier alpha value is -1.78. The molecule has 4 heteroatoms. The molecule has 3 aromatic rings. The molecule has 0 amide bonds. The Morgan fingerprint density at radius 3 is 1.68 bits per heavy atom. The van der Waals surface area contributed by atoms with Gasteiger partial charge >= 0.3 is 0 Å². The molecule has 2 aromatic heterocycles. The van der Waals surface area contributed by atoms with Gasteiger partial charge in [0.2, 0.25) is 0 Å². The summed E-state index contributed by atoms with van der Waals surface area (Å²) in [5.41, 5.74) is 15.1. The quantitative estimate of drug-likeness (QED) is 0.759. The largest absolute Gasteiger partial charge is 0.398 e. The van der Waals surface area contributed by atoms with E-state index < -0.39 is 0 Å². The van der Waals surface area contributed by atoms with Crippen molar-refractivity contribution in [3.8, 4) is 0 Å². The first-order valence-corrected chi connectivity index (χ1v) is 7.74. The van der Waals surface area contributed by atoms with Crippen LogP contribution in [0.25, 0.3) is 0 Å². The number of benzene rings is 1. The van der Waals surface area contributed by atoms with Gasteiger partial charge in [0.05, 0.1) is 5.92 Å². The van der Waals surface area contributed by atoms with Gasteiger partial charge in [0, 0.05) is 21.1 Å². The Bertz CT molecular complexity index is 630. The molecule has 19 heavy (non-hydrogen) atoms. The third kappa shape index (κ3) is 2.25. The third-order valence-electron chi connectivity index (χ3n) is 3.11. The van der Waals surface area contributed by atoms with Crippen molar-refractivity contribution >= 4 is 34.0 Å². The van der Waals surface area contributed by atoms with Crippen LogP contribution in [0.2, 0.25) is 0 Å². The van der Waals surface area contributed by atoms with Gasteiger partial charge in [-0.2, -0.15) is 0 Å². The molecule has 0 bridgehead atoms. The van der Waals surface area contributed by atoms with Gasteiger partial charge in [0.1, 0.15) is 0 Å². The van der Waals surface area contributed by atoms with Gasteiger partial charge in [-0.3, -0.25) is 0 Å². The van der Waals surface area contributed by atoms with Gasteiger partial charge in [-0.05, 0) is 28.5 Å². The molecule has 0 spiro atoms. The SMILES string of the molecule is Nc1ccsc1C(c1ccccc1)c1sccc1N. The molecule has 2 heterocycles. The van der Waals surface area contributed by atoms with E-state index in [-0.39, 0.29) is 5.92 Å². The van der Waals surface area contributed by atoms with Gasteiger partial charge < -0.3 is 11.5 Å². The van der Waals surface area contributed by atoms with Gasteiger partial charge in [-0.15, -0.1) is 22.7 Å². The number of rotatable bonds is 3. The Morgan fingerprint density at radius 2 is 1.26 bits per heavy atom. The number of nitrogen functional groups attached to an aromatic ring is 2. The van der Waals surface area contributed by atoms with Crippen molar-refractivity contribution in [2.45, 2.75) is 5.92 Å². The second-order valence-electron chi connectivity index (χ2n) is 4.32. The van der Waals surface area contributed by atoms with Crippen LogP contribution in [0.3, 0.4) is 0 Å². The number of thiophene rings is 2. The van der Waals surface area contributed by atoms with Crippen LogP contribution < -0.4 is 11.5 Å². The van der Waals surface area contributed by atoms with E-state index in [1.54, 1.807) is 22.7 Å². The summed E-state index contributed by atoms with van der Waals surface area (Å²) < 4.78 is 0. The molecule has 0 aliphatic carbocycles. The minimum atomic E-state index is 0.140. The number of hydrogen-bond acceptors (Lipinski definition) is 4. The van der Waals surface area contributed by atoms with Crippen LogP contribution in [0.15, 0.2) is 53.2 Å². The van der Waals surface area contributed by atoms with Gasteiger partial charge in [0.25, 0.3) is 0 Å². The molecule has 0 saturated carbocycles. The highest BCUT2D eigenvalue weighted by atomic mass is 32.1. The second-order valence-corrected chi connectivity index (χ2v) is 6.22. The summed E-state index contributed by atoms with van der Waals surface area (Å²) >= 11 is 3.37. The maximum Gasteiger partial charge on any atom is 0.0569 e. The molecule has 0 radical (unpaired) electrons. The molecule has 0 aliphatic heterocycles. The van der Waals surface area contributed by atoms with Crippen LogP contribution in [0.5, 0.6) is 0 Å². The summed E-state index contributed by atoms with van der Waals surface area (Å²) in [6.45, 7) is 0. The van der Waals surface area contributed by atoms with Gasteiger partial charge in [-0.1, -0.05) is 30.3 Å². The molecule has 0 unspecified atom stereocenters. The van der Waals surface area contributed by atoms with Crippen LogP contribution >= 0.6 is 22.7 Å². The molecular formula is C15H14N2S2. The van der Waals surface area contributed by atoms with Crippen molar-refractivity contribution in [2.24, 2.45) is 0 Å².